The Kier molecular flexibility index (Phi) is 3.77. The molecular weight excluding hydrogens is 304 g/mol. The van der Waals surface area contributed by atoms with E-state index in [-0.39, 0.29) is 0 Å². The second-order valence-corrected chi connectivity index (χ2v) is 5.18. The van der Waals surface area contributed by atoms with Gasteiger partial charge in [0.1, 0.15) is 0 Å². The van der Waals surface area contributed by atoms with Crippen LogP contribution in [-0.2, 0) is 12.8 Å². The molecule has 2 heterocycles. The van der Waals surface area contributed by atoms with E-state index < -0.39 is 0 Å². The van der Waals surface area contributed by atoms with Gasteiger partial charge in [0, 0.05) is 12.8 Å². The molecule has 0 spiro atoms. The van der Waals surface area contributed by atoms with Gasteiger partial charge in [-0.3, -0.25) is 0 Å². The van der Waals surface area contributed by atoms with Gasteiger partial charge < -0.3 is 0 Å². The van der Waals surface area contributed by atoms with Crippen LogP contribution in [0.1, 0.15) is 11.6 Å². The molecule has 118 valence electrons. The number of para-hydroxylation sites is 2. The highest BCUT2D eigenvalue weighted by Crippen LogP contribution is 2.11. The molecule has 0 aliphatic carbocycles. The molecule has 4 rings (SSSR count). The van der Waals surface area contributed by atoms with Crippen molar-refractivity contribution >= 4 is 0 Å². The van der Waals surface area contributed by atoms with Crippen molar-refractivity contribution in [2.75, 3.05) is 0 Å². The van der Waals surface area contributed by atoms with Crippen molar-refractivity contribution in [2.45, 2.75) is 12.8 Å². The molecule has 0 atom stereocenters. The molecule has 0 saturated heterocycles. The average Bonchev–Trinajstić information content (AvgIpc) is 3.30. The maximum atomic E-state index is 4.12. The molecule has 0 amide bonds. The van der Waals surface area contributed by atoms with Gasteiger partial charge in [-0.05, 0) is 45.1 Å². The van der Waals surface area contributed by atoms with Crippen LogP contribution in [0, 0.1) is 0 Å². The van der Waals surface area contributed by atoms with Gasteiger partial charge in [0.25, 0.3) is 0 Å². The van der Waals surface area contributed by atoms with Crippen LogP contribution >= 0.6 is 0 Å². The van der Waals surface area contributed by atoms with Crippen LogP contribution in [0.15, 0.2) is 60.7 Å². The van der Waals surface area contributed by atoms with Crippen molar-refractivity contribution in [3.05, 3.63) is 72.3 Å². The third kappa shape index (κ3) is 2.76. The largest absolute Gasteiger partial charge is 0.197 e. The molecule has 2 aromatic heterocycles. The zero-order chi connectivity index (χ0) is 16.2. The fourth-order valence-electron chi connectivity index (χ4n) is 2.49. The predicted molar refractivity (Wildman–Crippen MR) is 85.7 cm³/mol. The highest BCUT2D eigenvalue weighted by molar-refractivity contribution is 5.31. The molecule has 0 aliphatic rings. The van der Waals surface area contributed by atoms with Crippen molar-refractivity contribution in [2.24, 2.45) is 0 Å². The summed E-state index contributed by atoms with van der Waals surface area (Å²) in [4.78, 5) is 0. The Bertz CT molecular complexity index is 836. The molecule has 0 N–H and O–H groups in total. The van der Waals surface area contributed by atoms with Crippen LogP contribution in [0.2, 0.25) is 0 Å². The highest BCUT2D eigenvalue weighted by Gasteiger charge is 2.12. The van der Waals surface area contributed by atoms with E-state index in [1.54, 1.807) is 9.36 Å². The van der Waals surface area contributed by atoms with Gasteiger partial charge in [0.05, 0.1) is 11.4 Å². The van der Waals surface area contributed by atoms with Crippen LogP contribution in [0.5, 0.6) is 0 Å². The first-order valence-corrected chi connectivity index (χ1v) is 7.57. The van der Waals surface area contributed by atoms with Crippen molar-refractivity contribution < 1.29 is 0 Å². The number of benzene rings is 2. The van der Waals surface area contributed by atoms with E-state index in [4.69, 9.17) is 0 Å². The van der Waals surface area contributed by atoms with E-state index in [1.165, 1.54) is 0 Å². The number of tetrazole rings is 2. The second-order valence-electron chi connectivity index (χ2n) is 5.18. The molecule has 0 fully saturated rings. The Morgan fingerprint density at radius 1 is 0.583 bits per heavy atom. The zero-order valence-electron chi connectivity index (χ0n) is 12.8. The smallest absolute Gasteiger partial charge is 0.157 e. The number of hydrogen-bond acceptors (Lipinski definition) is 6. The third-order valence-corrected chi connectivity index (χ3v) is 3.64. The number of aryl methyl sites for hydroxylation is 2. The summed E-state index contributed by atoms with van der Waals surface area (Å²) in [6.45, 7) is 0. The lowest BCUT2D eigenvalue weighted by Crippen LogP contribution is -2.08. The lowest BCUT2D eigenvalue weighted by Gasteiger charge is -2.05. The Hall–Kier alpha value is -3.42. The lowest BCUT2D eigenvalue weighted by molar-refractivity contribution is 0.715. The van der Waals surface area contributed by atoms with Gasteiger partial charge in [0.15, 0.2) is 11.6 Å². The fourth-order valence-corrected chi connectivity index (χ4v) is 2.49. The molecule has 0 unspecified atom stereocenters. The van der Waals surface area contributed by atoms with E-state index in [0.717, 1.165) is 23.0 Å². The van der Waals surface area contributed by atoms with Crippen LogP contribution in [-0.4, -0.2) is 40.4 Å². The standard InChI is InChI=1S/C16H14N8/c1-3-7-13(8-4-1)23-15(17-19-21-23)11-12-16-18-20-22-24(16)14-9-5-2-6-10-14/h1-10H,11-12H2. The summed E-state index contributed by atoms with van der Waals surface area (Å²) in [5.74, 6) is 1.53. The summed E-state index contributed by atoms with van der Waals surface area (Å²) in [7, 11) is 0. The van der Waals surface area contributed by atoms with E-state index >= 15 is 0 Å². The van der Waals surface area contributed by atoms with Gasteiger partial charge in [0.2, 0.25) is 0 Å². The molecule has 2 aromatic carbocycles. The summed E-state index contributed by atoms with van der Waals surface area (Å²) in [5, 5.41) is 23.9. The minimum absolute atomic E-state index is 0.634. The third-order valence-electron chi connectivity index (χ3n) is 3.64. The Labute approximate surface area is 137 Å². The number of aromatic nitrogens is 8. The van der Waals surface area contributed by atoms with Crippen molar-refractivity contribution in [1.29, 1.82) is 0 Å². The lowest BCUT2D eigenvalue weighted by atomic mass is 10.2. The van der Waals surface area contributed by atoms with Gasteiger partial charge in [-0.15, -0.1) is 10.2 Å². The summed E-state index contributed by atoms with van der Waals surface area (Å²) in [6, 6.07) is 19.6. The zero-order valence-corrected chi connectivity index (χ0v) is 12.8. The minimum Gasteiger partial charge on any atom is -0.197 e. The Balaban J connectivity index is 1.56. The average molecular weight is 318 g/mol. The maximum Gasteiger partial charge on any atom is 0.157 e. The first-order chi connectivity index (χ1) is 11.9. The molecule has 0 radical (unpaired) electrons. The number of nitrogens with zero attached hydrogens (tertiary/aromatic N) is 8. The number of rotatable bonds is 5. The molecule has 8 nitrogen and oxygen atoms in total. The highest BCUT2D eigenvalue weighted by atomic mass is 15.6. The summed E-state index contributed by atoms with van der Waals surface area (Å²) in [6.07, 6.45) is 1.27. The number of hydrogen-bond donors (Lipinski definition) is 0. The molecule has 4 aromatic rings. The molecule has 0 aliphatic heterocycles. The van der Waals surface area contributed by atoms with Crippen molar-refractivity contribution in [3.8, 4) is 11.4 Å². The van der Waals surface area contributed by atoms with E-state index in [2.05, 4.69) is 31.1 Å². The first kappa shape index (κ1) is 14.2. The van der Waals surface area contributed by atoms with Gasteiger partial charge in [-0.2, -0.15) is 9.36 Å². The van der Waals surface area contributed by atoms with E-state index in [0.29, 0.717) is 12.8 Å². The molecular formula is C16H14N8. The van der Waals surface area contributed by atoms with E-state index in [9.17, 15) is 0 Å². The quantitative estimate of drug-likeness (QED) is 0.553. The molecule has 24 heavy (non-hydrogen) atoms. The second kappa shape index (κ2) is 6.37. The minimum atomic E-state index is 0.634. The molecule has 0 saturated carbocycles. The van der Waals surface area contributed by atoms with Gasteiger partial charge in [-0.1, -0.05) is 36.4 Å². The topological polar surface area (TPSA) is 87.2 Å². The van der Waals surface area contributed by atoms with Gasteiger partial charge in [-0.25, -0.2) is 0 Å². The van der Waals surface area contributed by atoms with Crippen LogP contribution in [0.25, 0.3) is 11.4 Å². The van der Waals surface area contributed by atoms with Crippen molar-refractivity contribution in [3.63, 3.8) is 0 Å². The molecule has 8 heteroatoms. The Morgan fingerprint density at radius 3 is 1.42 bits per heavy atom. The van der Waals surface area contributed by atoms with Crippen LogP contribution < -0.4 is 0 Å². The SMILES string of the molecule is c1ccc(-n2nnnc2CCc2nnnn2-c2ccccc2)cc1. The summed E-state index contributed by atoms with van der Waals surface area (Å²) in [5.41, 5.74) is 1.86. The monoisotopic (exact) mass is 318 g/mol. The Morgan fingerprint density at radius 2 is 1.00 bits per heavy atom. The van der Waals surface area contributed by atoms with Crippen LogP contribution in [0.3, 0.4) is 0 Å². The fraction of sp³-hybridized carbons (Fsp3) is 0.125. The normalized spacial score (nSPS) is 10.8. The van der Waals surface area contributed by atoms with Gasteiger partial charge >= 0.3 is 0 Å². The van der Waals surface area contributed by atoms with Crippen molar-refractivity contribution in [1.82, 2.24) is 40.4 Å². The first-order valence-electron chi connectivity index (χ1n) is 7.57. The van der Waals surface area contributed by atoms with Crippen LogP contribution in [0.4, 0.5) is 0 Å². The predicted octanol–water partition coefficient (Wildman–Crippen LogP) is 1.42. The van der Waals surface area contributed by atoms with E-state index in [1.807, 2.05) is 60.7 Å². The maximum absolute atomic E-state index is 4.12. The summed E-state index contributed by atoms with van der Waals surface area (Å²) < 4.78 is 3.47. The summed E-state index contributed by atoms with van der Waals surface area (Å²) >= 11 is 0. The molecule has 0 bridgehead atoms.